The molecule has 0 saturated heterocycles. The van der Waals surface area contributed by atoms with Crippen molar-refractivity contribution in [3.63, 3.8) is 0 Å². The number of nitrogens with zero attached hydrogens (tertiary/aromatic N) is 4. The van der Waals surface area contributed by atoms with Crippen LogP contribution in [-0.4, -0.2) is 31.9 Å². The first-order valence-corrected chi connectivity index (χ1v) is 8.45. The van der Waals surface area contributed by atoms with Crippen molar-refractivity contribution in [2.24, 2.45) is 0 Å². The summed E-state index contributed by atoms with van der Waals surface area (Å²) in [5, 5.41) is 15.4. The van der Waals surface area contributed by atoms with Gasteiger partial charge in [0.2, 0.25) is 11.1 Å². The molecule has 0 aliphatic carbocycles. The molecule has 0 aliphatic rings. The van der Waals surface area contributed by atoms with Crippen LogP contribution in [0.4, 0.5) is 5.69 Å². The van der Waals surface area contributed by atoms with Crippen LogP contribution in [0.5, 0.6) is 0 Å². The number of rotatable bonds is 6. The van der Waals surface area contributed by atoms with E-state index in [9.17, 15) is 4.79 Å². The van der Waals surface area contributed by atoms with Gasteiger partial charge in [0.25, 0.3) is 0 Å². The quantitative estimate of drug-likeness (QED) is 0.677. The first-order valence-electron chi connectivity index (χ1n) is 7.09. The van der Waals surface area contributed by atoms with Crippen molar-refractivity contribution < 1.29 is 9.21 Å². The van der Waals surface area contributed by atoms with Gasteiger partial charge in [-0.15, -0.1) is 5.10 Å². The van der Waals surface area contributed by atoms with Gasteiger partial charge in [-0.2, -0.15) is 0 Å². The van der Waals surface area contributed by atoms with E-state index in [1.54, 1.807) is 23.1 Å². The zero-order chi connectivity index (χ0) is 16.9. The van der Waals surface area contributed by atoms with Gasteiger partial charge in [-0.25, -0.2) is 4.68 Å². The maximum atomic E-state index is 12.1. The van der Waals surface area contributed by atoms with Crippen molar-refractivity contribution in [3.8, 4) is 0 Å². The minimum absolute atomic E-state index is 0.160. The van der Waals surface area contributed by atoms with E-state index in [4.69, 9.17) is 16.0 Å². The molecule has 7 nitrogen and oxygen atoms in total. The fraction of sp³-hybridized carbons (Fsp3) is 0.200. The molecule has 1 amide bonds. The Morgan fingerprint density at radius 3 is 3.04 bits per heavy atom. The van der Waals surface area contributed by atoms with Gasteiger partial charge in [0.15, 0.2) is 0 Å². The Kier molecular flexibility index (Phi) is 5.17. The van der Waals surface area contributed by atoms with Gasteiger partial charge in [0, 0.05) is 10.7 Å². The van der Waals surface area contributed by atoms with Crippen molar-refractivity contribution >= 4 is 35.0 Å². The van der Waals surface area contributed by atoms with Crippen molar-refractivity contribution in [1.29, 1.82) is 0 Å². The summed E-state index contributed by atoms with van der Waals surface area (Å²) in [6.45, 7) is 2.32. The number of anilines is 1. The smallest absolute Gasteiger partial charge is 0.234 e. The molecule has 0 spiro atoms. The van der Waals surface area contributed by atoms with Gasteiger partial charge in [-0.1, -0.05) is 29.4 Å². The lowest BCUT2D eigenvalue weighted by molar-refractivity contribution is -0.113. The highest BCUT2D eigenvalue weighted by Gasteiger charge is 2.12. The normalized spacial score (nSPS) is 10.8. The molecule has 3 aromatic rings. The molecule has 2 heterocycles. The molecule has 2 aromatic heterocycles. The number of hydrogen-bond donors (Lipinski definition) is 1. The van der Waals surface area contributed by atoms with Gasteiger partial charge < -0.3 is 9.73 Å². The van der Waals surface area contributed by atoms with E-state index >= 15 is 0 Å². The van der Waals surface area contributed by atoms with Crippen LogP contribution in [0.1, 0.15) is 11.3 Å². The summed E-state index contributed by atoms with van der Waals surface area (Å²) in [5.41, 5.74) is 1.62. The van der Waals surface area contributed by atoms with E-state index in [0.717, 1.165) is 11.3 Å². The van der Waals surface area contributed by atoms with Gasteiger partial charge in [-0.05, 0) is 47.2 Å². The van der Waals surface area contributed by atoms with Gasteiger partial charge in [-0.3, -0.25) is 4.79 Å². The zero-order valence-corrected chi connectivity index (χ0v) is 14.3. The second kappa shape index (κ2) is 7.50. The fourth-order valence-corrected chi connectivity index (χ4v) is 2.80. The number of nitrogens with one attached hydrogen (secondary N) is 1. The van der Waals surface area contributed by atoms with Crippen LogP contribution in [0, 0.1) is 6.92 Å². The number of aryl methyl sites for hydroxylation is 1. The van der Waals surface area contributed by atoms with E-state index in [2.05, 4.69) is 20.8 Å². The van der Waals surface area contributed by atoms with Crippen LogP contribution in [0.25, 0.3) is 0 Å². The number of amides is 1. The summed E-state index contributed by atoms with van der Waals surface area (Å²) in [6, 6.07) is 9.02. The van der Waals surface area contributed by atoms with E-state index in [1.807, 2.05) is 25.1 Å². The second-order valence-corrected chi connectivity index (χ2v) is 6.35. The Morgan fingerprint density at radius 2 is 2.29 bits per heavy atom. The van der Waals surface area contributed by atoms with Gasteiger partial charge >= 0.3 is 0 Å². The van der Waals surface area contributed by atoms with E-state index in [0.29, 0.717) is 22.4 Å². The number of hydrogen-bond acceptors (Lipinski definition) is 6. The topological polar surface area (TPSA) is 85.8 Å². The summed E-state index contributed by atoms with van der Waals surface area (Å²) in [7, 11) is 0. The summed E-state index contributed by atoms with van der Waals surface area (Å²) >= 11 is 7.30. The maximum absolute atomic E-state index is 12.1. The molecule has 0 aliphatic heterocycles. The summed E-state index contributed by atoms with van der Waals surface area (Å²) < 4.78 is 6.85. The highest BCUT2D eigenvalue weighted by molar-refractivity contribution is 7.99. The standard InChI is InChI=1S/C15H14ClN5O2S/c1-10-4-5-11(7-13(10)16)17-14(22)9-24-15-18-19-20-21(15)8-12-3-2-6-23-12/h2-7H,8-9H2,1H3,(H,17,22). The average Bonchev–Trinajstić information content (AvgIpc) is 3.21. The SMILES string of the molecule is Cc1ccc(NC(=O)CSc2nnnn2Cc2ccco2)cc1Cl. The molecular weight excluding hydrogens is 350 g/mol. The molecule has 0 unspecified atom stereocenters. The third-order valence-corrected chi connectivity index (χ3v) is 4.54. The lowest BCUT2D eigenvalue weighted by Crippen LogP contribution is -2.15. The first-order chi connectivity index (χ1) is 11.6. The summed E-state index contributed by atoms with van der Waals surface area (Å²) in [6.07, 6.45) is 1.59. The number of carbonyl (C=O) groups excluding carboxylic acids is 1. The lowest BCUT2D eigenvalue weighted by atomic mass is 10.2. The number of halogens is 1. The molecule has 24 heavy (non-hydrogen) atoms. The van der Waals surface area contributed by atoms with Crippen LogP contribution in [-0.2, 0) is 11.3 Å². The molecule has 124 valence electrons. The molecule has 9 heteroatoms. The molecule has 0 bridgehead atoms. The third-order valence-electron chi connectivity index (χ3n) is 3.17. The number of benzene rings is 1. The average molecular weight is 364 g/mol. The molecule has 1 aromatic carbocycles. The second-order valence-electron chi connectivity index (χ2n) is 5.00. The molecule has 0 saturated carbocycles. The fourth-order valence-electron chi connectivity index (χ4n) is 1.95. The van der Waals surface area contributed by atoms with Crippen molar-refractivity contribution in [1.82, 2.24) is 20.2 Å². The number of aromatic nitrogens is 4. The molecule has 1 N–H and O–H groups in total. The summed E-state index contributed by atoms with van der Waals surface area (Å²) in [5.74, 6) is 0.764. The Bertz CT molecular complexity index is 834. The van der Waals surface area contributed by atoms with Crippen LogP contribution in [0.15, 0.2) is 46.2 Å². The van der Waals surface area contributed by atoms with E-state index in [1.165, 1.54) is 11.8 Å². The number of carbonyl (C=O) groups is 1. The van der Waals surface area contributed by atoms with Crippen molar-refractivity contribution in [2.75, 3.05) is 11.1 Å². The van der Waals surface area contributed by atoms with Crippen LogP contribution < -0.4 is 5.32 Å². The monoisotopic (exact) mass is 363 g/mol. The lowest BCUT2D eigenvalue weighted by Gasteiger charge is -2.06. The van der Waals surface area contributed by atoms with Gasteiger partial charge in [0.05, 0.1) is 12.0 Å². The van der Waals surface area contributed by atoms with E-state index in [-0.39, 0.29) is 11.7 Å². The largest absolute Gasteiger partial charge is 0.467 e. The van der Waals surface area contributed by atoms with Crippen LogP contribution in [0.3, 0.4) is 0 Å². The van der Waals surface area contributed by atoms with Crippen LogP contribution >= 0.6 is 23.4 Å². The molecular formula is C15H14ClN5O2S. The Hall–Kier alpha value is -2.32. The predicted octanol–water partition coefficient (Wildman–Crippen LogP) is 3.01. The zero-order valence-electron chi connectivity index (χ0n) is 12.8. The Balaban J connectivity index is 1.56. The molecule has 0 atom stereocenters. The minimum atomic E-state index is -0.160. The van der Waals surface area contributed by atoms with Crippen molar-refractivity contribution in [3.05, 3.63) is 52.9 Å². The van der Waals surface area contributed by atoms with Crippen LogP contribution in [0.2, 0.25) is 5.02 Å². The highest BCUT2D eigenvalue weighted by atomic mass is 35.5. The minimum Gasteiger partial charge on any atom is -0.467 e. The van der Waals surface area contributed by atoms with Crippen molar-refractivity contribution in [2.45, 2.75) is 18.6 Å². The van der Waals surface area contributed by atoms with E-state index < -0.39 is 0 Å². The van der Waals surface area contributed by atoms with Gasteiger partial charge in [0.1, 0.15) is 12.3 Å². The summed E-state index contributed by atoms with van der Waals surface area (Å²) in [4.78, 5) is 12.1. The molecule has 0 fully saturated rings. The number of furan rings is 1. The third kappa shape index (κ3) is 4.15. The predicted molar refractivity (Wildman–Crippen MR) is 91.2 cm³/mol. The maximum Gasteiger partial charge on any atom is 0.234 e. The number of tetrazole rings is 1. The first kappa shape index (κ1) is 16.5. The molecule has 0 radical (unpaired) electrons. The Labute approximate surface area is 147 Å². The number of thioether (sulfide) groups is 1. The Morgan fingerprint density at radius 1 is 1.42 bits per heavy atom. The highest BCUT2D eigenvalue weighted by Crippen LogP contribution is 2.21. The molecule has 3 rings (SSSR count).